The normalized spacial score (nSPS) is 12.2. The van der Waals surface area contributed by atoms with Gasteiger partial charge in [0.1, 0.15) is 0 Å². The zero-order valence-electron chi connectivity index (χ0n) is 11.5. The highest BCUT2D eigenvalue weighted by molar-refractivity contribution is 5.75. The van der Waals surface area contributed by atoms with Crippen molar-refractivity contribution in [3.8, 4) is 0 Å². The molecular formula is C15H23NO2. The van der Waals surface area contributed by atoms with Crippen LogP contribution in [0.1, 0.15) is 50.2 Å². The lowest BCUT2D eigenvalue weighted by atomic mass is 9.94. The maximum Gasteiger partial charge on any atom is 0.244 e. The quantitative estimate of drug-likeness (QED) is 0.754. The number of hydroxylamine groups is 1. The zero-order valence-corrected chi connectivity index (χ0v) is 11.5. The smallest absolute Gasteiger partial charge is 0.244 e. The molecule has 3 heteroatoms. The first-order chi connectivity index (χ1) is 8.67. The fourth-order valence-electron chi connectivity index (χ4n) is 1.99. The minimum atomic E-state index is -0.0797. The molecule has 0 aliphatic heterocycles. The molecule has 1 amide bonds. The predicted molar refractivity (Wildman–Crippen MR) is 73.2 cm³/mol. The Morgan fingerprint density at radius 3 is 2.89 bits per heavy atom. The molecule has 3 nitrogen and oxygen atoms in total. The van der Waals surface area contributed by atoms with Crippen molar-refractivity contribution in [1.82, 2.24) is 5.48 Å². The second-order valence-electron chi connectivity index (χ2n) is 4.68. The number of benzene rings is 1. The number of unbranched alkanes of at least 4 members (excludes halogenated alkanes) is 1. The molecule has 100 valence electrons. The molecule has 18 heavy (non-hydrogen) atoms. The third kappa shape index (κ3) is 4.88. The van der Waals surface area contributed by atoms with Gasteiger partial charge in [0.15, 0.2) is 0 Å². The SMILES string of the molecule is CCCCc1cccc(C(C)CC(=O)NOC)c1. The molecule has 1 unspecified atom stereocenters. The van der Waals surface area contributed by atoms with E-state index in [4.69, 9.17) is 0 Å². The number of aryl methyl sites for hydroxylation is 1. The molecule has 0 fully saturated rings. The Morgan fingerprint density at radius 1 is 1.44 bits per heavy atom. The zero-order chi connectivity index (χ0) is 13.4. The number of hydrogen-bond acceptors (Lipinski definition) is 2. The molecule has 1 rings (SSSR count). The van der Waals surface area contributed by atoms with E-state index in [1.165, 1.54) is 31.1 Å². The molecule has 0 aliphatic carbocycles. The Kier molecular flexibility index (Phi) is 6.44. The molecular weight excluding hydrogens is 226 g/mol. The van der Waals surface area contributed by atoms with E-state index < -0.39 is 0 Å². The molecule has 0 radical (unpaired) electrons. The lowest BCUT2D eigenvalue weighted by Crippen LogP contribution is -2.23. The molecule has 0 spiro atoms. The molecule has 0 aromatic heterocycles. The van der Waals surface area contributed by atoms with E-state index >= 15 is 0 Å². The van der Waals surface area contributed by atoms with Crippen LogP contribution in [0.2, 0.25) is 0 Å². The minimum Gasteiger partial charge on any atom is -0.277 e. The summed E-state index contributed by atoms with van der Waals surface area (Å²) in [5.41, 5.74) is 4.93. The maximum absolute atomic E-state index is 11.4. The van der Waals surface area contributed by atoms with Crippen LogP contribution in [0.3, 0.4) is 0 Å². The lowest BCUT2D eigenvalue weighted by molar-refractivity contribution is -0.131. The van der Waals surface area contributed by atoms with E-state index in [2.05, 4.69) is 48.4 Å². The molecule has 1 N–H and O–H groups in total. The van der Waals surface area contributed by atoms with E-state index in [0.717, 1.165) is 6.42 Å². The molecule has 1 aromatic rings. The highest BCUT2D eigenvalue weighted by atomic mass is 16.6. The summed E-state index contributed by atoms with van der Waals surface area (Å²) in [5.74, 6) is 0.130. The van der Waals surface area contributed by atoms with Gasteiger partial charge in [0.25, 0.3) is 0 Å². The highest BCUT2D eigenvalue weighted by Gasteiger charge is 2.11. The number of rotatable bonds is 7. The average Bonchev–Trinajstić information content (AvgIpc) is 2.37. The summed E-state index contributed by atoms with van der Waals surface area (Å²) in [5, 5.41) is 0. The summed E-state index contributed by atoms with van der Waals surface area (Å²) in [6.45, 7) is 4.26. The molecule has 0 heterocycles. The second kappa shape index (κ2) is 7.88. The van der Waals surface area contributed by atoms with Crippen LogP contribution in [0.5, 0.6) is 0 Å². The molecule has 0 aliphatic rings. The highest BCUT2D eigenvalue weighted by Crippen LogP contribution is 2.20. The van der Waals surface area contributed by atoms with Gasteiger partial charge >= 0.3 is 0 Å². The van der Waals surface area contributed by atoms with Crippen molar-refractivity contribution in [1.29, 1.82) is 0 Å². The first-order valence-electron chi connectivity index (χ1n) is 6.58. The van der Waals surface area contributed by atoms with Gasteiger partial charge in [0.2, 0.25) is 5.91 Å². The number of nitrogens with one attached hydrogen (secondary N) is 1. The standard InChI is InChI=1S/C15H23NO2/c1-4-5-7-13-8-6-9-14(11-13)12(2)10-15(17)16-18-3/h6,8-9,11-12H,4-5,7,10H2,1-3H3,(H,16,17). The van der Waals surface area contributed by atoms with Crippen molar-refractivity contribution in [2.24, 2.45) is 0 Å². The minimum absolute atomic E-state index is 0.0797. The summed E-state index contributed by atoms with van der Waals surface area (Å²) in [7, 11) is 1.45. The van der Waals surface area contributed by atoms with Gasteiger partial charge in [-0.3, -0.25) is 9.63 Å². The Hall–Kier alpha value is -1.35. The predicted octanol–water partition coefficient (Wildman–Crippen LogP) is 3.20. The molecule has 0 bridgehead atoms. The molecule has 1 atom stereocenters. The Bertz CT molecular complexity index is 377. The summed E-state index contributed by atoms with van der Waals surface area (Å²) < 4.78 is 0. The van der Waals surface area contributed by atoms with Crippen molar-refractivity contribution in [3.05, 3.63) is 35.4 Å². The third-order valence-electron chi connectivity index (χ3n) is 3.05. The van der Waals surface area contributed by atoms with Gasteiger partial charge in [-0.05, 0) is 29.9 Å². The first kappa shape index (κ1) is 14.7. The molecule has 0 saturated carbocycles. The fraction of sp³-hybridized carbons (Fsp3) is 0.533. The fourth-order valence-corrected chi connectivity index (χ4v) is 1.99. The van der Waals surface area contributed by atoms with Gasteiger partial charge in [-0.15, -0.1) is 0 Å². The second-order valence-corrected chi connectivity index (χ2v) is 4.68. The van der Waals surface area contributed by atoms with Crippen LogP contribution in [0, 0.1) is 0 Å². The Morgan fingerprint density at radius 2 is 2.22 bits per heavy atom. The topological polar surface area (TPSA) is 38.3 Å². The number of hydrogen-bond donors (Lipinski definition) is 1. The van der Waals surface area contributed by atoms with Gasteiger partial charge in [0, 0.05) is 6.42 Å². The van der Waals surface area contributed by atoms with Gasteiger partial charge in [0.05, 0.1) is 7.11 Å². The van der Waals surface area contributed by atoms with Gasteiger partial charge in [-0.2, -0.15) is 0 Å². The maximum atomic E-state index is 11.4. The summed E-state index contributed by atoms with van der Waals surface area (Å²) in [4.78, 5) is 16.1. The van der Waals surface area contributed by atoms with Gasteiger partial charge < -0.3 is 0 Å². The van der Waals surface area contributed by atoms with Crippen molar-refractivity contribution in [2.75, 3.05) is 7.11 Å². The third-order valence-corrected chi connectivity index (χ3v) is 3.05. The van der Waals surface area contributed by atoms with Gasteiger partial charge in [-0.25, -0.2) is 5.48 Å². The first-order valence-corrected chi connectivity index (χ1v) is 6.58. The lowest BCUT2D eigenvalue weighted by Gasteiger charge is -2.12. The number of carbonyl (C=O) groups is 1. The summed E-state index contributed by atoms with van der Waals surface area (Å²) in [6, 6.07) is 8.52. The largest absolute Gasteiger partial charge is 0.277 e. The van der Waals surface area contributed by atoms with Crippen molar-refractivity contribution in [2.45, 2.75) is 45.4 Å². The van der Waals surface area contributed by atoms with E-state index in [-0.39, 0.29) is 11.8 Å². The monoisotopic (exact) mass is 249 g/mol. The van der Waals surface area contributed by atoms with E-state index in [0.29, 0.717) is 6.42 Å². The Labute approximate surface area is 109 Å². The average molecular weight is 249 g/mol. The van der Waals surface area contributed by atoms with Crippen LogP contribution >= 0.6 is 0 Å². The number of amides is 1. The van der Waals surface area contributed by atoms with Crippen LogP contribution < -0.4 is 5.48 Å². The van der Waals surface area contributed by atoms with E-state index in [9.17, 15) is 4.79 Å². The molecule has 1 aromatic carbocycles. The van der Waals surface area contributed by atoms with E-state index in [1.807, 2.05) is 0 Å². The van der Waals surface area contributed by atoms with Crippen LogP contribution in [-0.4, -0.2) is 13.0 Å². The van der Waals surface area contributed by atoms with Gasteiger partial charge in [-0.1, -0.05) is 44.5 Å². The Balaban J connectivity index is 2.61. The number of carbonyl (C=O) groups excluding carboxylic acids is 1. The summed E-state index contributed by atoms with van der Waals surface area (Å²) in [6.07, 6.45) is 3.98. The van der Waals surface area contributed by atoms with Crippen molar-refractivity contribution in [3.63, 3.8) is 0 Å². The van der Waals surface area contributed by atoms with E-state index in [1.54, 1.807) is 0 Å². The van der Waals surface area contributed by atoms with Crippen LogP contribution in [-0.2, 0) is 16.1 Å². The summed E-state index contributed by atoms with van der Waals surface area (Å²) >= 11 is 0. The van der Waals surface area contributed by atoms with Crippen molar-refractivity contribution < 1.29 is 9.63 Å². The van der Waals surface area contributed by atoms with Crippen molar-refractivity contribution >= 4 is 5.91 Å². The van der Waals surface area contributed by atoms with Crippen LogP contribution in [0.25, 0.3) is 0 Å². The van der Waals surface area contributed by atoms with Crippen LogP contribution in [0.4, 0.5) is 0 Å². The van der Waals surface area contributed by atoms with Crippen LogP contribution in [0.15, 0.2) is 24.3 Å². The molecule has 0 saturated heterocycles.